The lowest BCUT2D eigenvalue weighted by Crippen LogP contribution is -2.49. The van der Waals surface area contributed by atoms with E-state index in [9.17, 15) is 4.79 Å². The normalized spacial score (nSPS) is 14.6. The lowest BCUT2D eigenvalue weighted by molar-refractivity contribution is 0.0746. The number of piperazine rings is 1. The van der Waals surface area contributed by atoms with Crippen molar-refractivity contribution in [3.63, 3.8) is 0 Å². The average Bonchev–Trinajstić information content (AvgIpc) is 2.62. The molecule has 0 unspecified atom stereocenters. The van der Waals surface area contributed by atoms with Crippen molar-refractivity contribution < 1.29 is 4.79 Å². The number of carbonyl (C=O) groups excluding carboxylic acids is 1. The molecule has 2 heterocycles. The minimum atomic E-state index is 0.0358. The monoisotopic (exact) mass is 345 g/mol. The van der Waals surface area contributed by atoms with Gasteiger partial charge in [-0.25, -0.2) is 4.98 Å². The summed E-state index contributed by atoms with van der Waals surface area (Å²) in [6.07, 6.45) is 1.76. The fourth-order valence-corrected chi connectivity index (χ4v) is 2.79. The van der Waals surface area contributed by atoms with Gasteiger partial charge in [0.2, 0.25) is 5.95 Å². The molecule has 0 atom stereocenters. The van der Waals surface area contributed by atoms with Crippen LogP contribution in [-0.2, 0) is 0 Å². The van der Waals surface area contributed by atoms with Crippen LogP contribution < -0.4 is 10.2 Å². The molecule has 1 aliphatic heterocycles. The fourth-order valence-electron chi connectivity index (χ4n) is 2.66. The van der Waals surface area contributed by atoms with Gasteiger partial charge >= 0.3 is 0 Å². The SMILES string of the molecule is CCNc1ccnc(N2CCN(C(=O)c3ccc(Cl)cc3)CC2)n1. The number of nitrogens with zero attached hydrogens (tertiary/aromatic N) is 4. The van der Waals surface area contributed by atoms with Crippen molar-refractivity contribution in [2.24, 2.45) is 0 Å². The smallest absolute Gasteiger partial charge is 0.253 e. The Hall–Kier alpha value is -2.34. The van der Waals surface area contributed by atoms with Crippen LogP contribution in [0.15, 0.2) is 36.5 Å². The summed E-state index contributed by atoms with van der Waals surface area (Å²) in [6.45, 7) is 5.58. The van der Waals surface area contributed by atoms with Crippen LogP contribution in [0.25, 0.3) is 0 Å². The van der Waals surface area contributed by atoms with Crippen molar-refractivity contribution >= 4 is 29.3 Å². The molecule has 0 aliphatic carbocycles. The Morgan fingerprint density at radius 3 is 2.54 bits per heavy atom. The van der Waals surface area contributed by atoms with Gasteiger partial charge < -0.3 is 15.1 Å². The van der Waals surface area contributed by atoms with Crippen LogP contribution in [0.4, 0.5) is 11.8 Å². The second-order valence-corrected chi connectivity index (χ2v) is 5.99. The second kappa shape index (κ2) is 7.49. The van der Waals surface area contributed by atoms with Gasteiger partial charge in [-0.15, -0.1) is 0 Å². The van der Waals surface area contributed by atoms with Crippen molar-refractivity contribution in [1.29, 1.82) is 0 Å². The van der Waals surface area contributed by atoms with Gasteiger partial charge in [-0.1, -0.05) is 11.6 Å². The van der Waals surface area contributed by atoms with E-state index in [1.165, 1.54) is 0 Å². The van der Waals surface area contributed by atoms with Crippen molar-refractivity contribution in [3.05, 3.63) is 47.1 Å². The van der Waals surface area contributed by atoms with Gasteiger partial charge in [0.25, 0.3) is 5.91 Å². The molecule has 7 heteroatoms. The quantitative estimate of drug-likeness (QED) is 0.922. The molecule has 1 aromatic heterocycles. The van der Waals surface area contributed by atoms with Crippen LogP contribution in [0, 0.1) is 0 Å². The van der Waals surface area contributed by atoms with Gasteiger partial charge in [0, 0.05) is 49.5 Å². The molecule has 1 amide bonds. The highest BCUT2D eigenvalue weighted by atomic mass is 35.5. The molecule has 0 radical (unpaired) electrons. The fraction of sp³-hybridized carbons (Fsp3) is 0.353. The average molecular weight is 346 g/mol. The van der Waals surface area contributed by atoms with E-state index in [1.807, 2.05) is 17.9 Å². The Bertz CT molecular complexity index is 698. The molecule has 0 bridgehead atoms. The molecule has 1 aliphatic rings. The maximum Gasteiger partial charge on any atom is 0.253 e. The largest absolute Gasteiger partial charge is 0.370 e. The van der Waals surface area contributed by atoms with E-state index >= 15 is 0 Å². The van der Waals surface area contributed by atoms with Gasteiger partial charge in [0.05, 0.1) is 0 Å². The summed E-state index contributed by atoms with van der Waals surface area (Å²) in [4.78, 5) is 25.3. The molecule has 3 rings (SSSR count). The van der Waals surface area contributed by atoms with Crippen molar-refractivity contribution in [3.8, 4) is 0 Å². The zero-order chi connectivity index (χ0) is 16.9. The van der Waals surface area contributed by atoms with Crippen LogP contribution in [0.1, 0.15) is 17.3 Å². The number of amides is 1. The molecular formula is C17H20ClN5O. The zero-order valence-electron chi connectivity index (χ0n) is 13.6. The third kappa shape index (κ3) is 3.76. The lowest BCUT2D eigenvalue weighted by Gasteiger charge is -2.34. The first-order valence-electron chi connectivity index (χ1n) is 8.04. The van der Waals surface area contributed by atoms with E-state index in [2.05, 4.69) is 20.2 Å². The first-order valence-corrected chi connectivity index (χ1v) is 8.42. The van der Waals surface area contributed by atoms with E-state index < -0.39 is 0 Å². The standard InChI is InChI=1S/C17H20ClN5O/c1-2-19-15-7-8-20-17(21-15)23-11-9-22(10-12-23)16(24)13-3-5-14(18)6-4-13/h3-8H,2,9-12H2,1H3,(H,19,20,21). The van der Waals surface area contributed by atoms with Gasteiger partial charge in [-0.2, -0.15) is 4.98 Å². The van der Waals surface area contributed by atoms with E-state index in [-0.39, 0.29) is 5.91 Å². The van der Waals surface area contributed by atoms with Crippen molar-refractivity contribution in [2.75, 3.05) is 42.9 Å². The Labute approximate surface area is 146 Å². The third-order valence-electron chi connectivity index (χ3n) is 3.94. The predicted octanol–water partition coefficient (Wildman–Crippen LogP) is 2.52. The summed E-state index contributed by atoms with van der Waals surface area (Å²) in [5.41, 5.74) is 0.665. The number of halogens is 1. The van der Waals surface area contributed by atoms with Gasteiger partial charge in [0.15, 0.2) is 0 Å². The molecule has 1 saturated heterocycles. The number of anilines is 2. The maximum atomic E-state index is 12.5. The summed E-state index contributed by atoms with van der Waals surface area (Å²) in [7, 11) is 0. The molecular weight excluding hydrogens is 326 g/mol. The minimum Gasteiger partial charge on any atom is -0.370 e. The number of hydrogen-bond acceptors (Lipinski definition) is 5. The Balaban J connectivity index is 1.62. The molecule has 126 valence electrons. The number of nitrogens with one attached hydrogen (secondary N) is 1. The Kier molecular flexibility index (Phi) is 5.15. The molecule has 0 saturated carbocycles. The zero-order valence-corrected chi connectivity index (χ0v) is 14.3. The molecule has 2 aromatic rings. The third-order valence-corrected chi connectivity index (χ3v) is 4.19. The first kappa shape index (κ1) is 16.5. The maximum absolute atomic E-state index is 12.5. The minimum absolute atomic E-state index is 0.0358. The van der Waals surface area contributed by atoms with Crippen molar-refractivity contribution in [1.82, 2.24) is 14.9 Å². The van der Waals surface area contributed by atoms with Crippen LogP contribution in [0.5, 0.6) is 0 Å². The van der Waals surface area contributed by atoms with Crippen LogP contribution in [0.3, 0.4) is 0 Å². The topological polar surface area (TPSA) is 61.4 Å². The summed E-state index contributed by atoms with van der Waals surface area (Å²) in [5.74, 6) is 1.56. The summed E-state index contributed by atoms with van der Waals surface area (Å²) in [5, 5.41) is 3.82. The van der Waals surface area contributed by atoms with Gasteiger partial charge in [-0.05, 0) is 37.3 Å². The molecule has 0 spiro atoms. The summed E-state index contributed by atoms with van der Waals surface area (Å²) in [6, 6.07) is 8.86. The van der Waals surface area contributed by atoms with Gasteiger partial charge in [-0.3, -0.25) is 4.79 Å². The molecule has 6 nitrogen and oxygen atoms in total. The van der Waals surface area contributed by atoms with Crippen LogP contribution in [0.2, 0.25) is 5.02 Å². The van der Waals surface area contributed by atoms with Crippen LogP contribution in [-0.4, -0.2) is 53.5 Å². The second-order valence-electron chi connectivity index (χ2n) is 5.56. The number of carbonyl (C=O) groups is 1. The lowest BCUT2D eigenvalue weighted by atomic mass is 10.2. The number of benzene rings is 1. The van der Waals surface area contributed by atoms with E-state index in [0.29, 0.717) is 29.6 Å². The van der Waals surface area contributed by atoms with Crippen molar-refractivity contribution in [2.45, 2.75) is 6.92 Å². The highest BCUT2D eigenvalue weighted by Gasteiger charge is 2.23. The van der Waals surface area contributed by atoms with E-state index in [0.717, 1.165) is 25.5 Å². The predicted molar refractivity (Wildman–Crippen MR) is 95.8 cm³/mol. The van der Waals surface area contributed by atoms with Crippen LogP contribution >= 0.6 is 11.6 Å². The molecule has 1 fully saturated rings. The number of aromatic nitrogens is 2. The van der Waals surface area contributed by atoms with E-state index in [1.54, 1.807) is 30.5 Å². The highest BCUT2D eigenvalue weighted by Crippen LogP contribution is 2.16. The highest BCUT2D eigenvalue weighted by molar-refractivity contribution is 6.30. The number of rotatable bonds is 4. The van der Waals surface area contributed by atoms with Gasteiger partial charge in [0.1, 0.15) is 5.82 Å². The number of hydrogen-bond donors (Lipinski definition) is 1. The van der Waals surface area contributed by atoms with E-state index in [4.69, 9.17) is 11.6 Å². The Morgan fingerprint density at radius 2 is 1.88 bits per heavy atom. The summed E-state index contributed by atoms with van der Waals surface area (Å²) < 4.78 is 0. The molecule has 1 N–H and O–H groups in total. The summed E-state index contributed by atoms with van der Waals surface area (Å²) >= 11 is 5.87. The molecule has 24 heavy (non-hydrogen) atoms. The Morgan fingerprint density at radius 1 is 1.17 bits per heavy atom. The molecule has 1 aromatic carbocycles. The first-order chi connectivity index (χ1) is 11.7.